The molecule has 1 aliphatic heterocycles. The molecule has 6 nitrogen and oxygen atoms in total. The van der Waals surface area contributed by atoms with Gasteiger partial charge in [-0.1, -0.05) is 17.7 Å². The highest BCUT2D eigenvalue weighted by atomic mass is 35.5. The van der Waals surface area contributed by atoms with E-state index in [4.69, 9.17) is 21.4 Å². The van der Waals surface area contributed by atoms with E-state index in [0.717, 1.165) is 10.5 Å². The van der Waals surface area contributed by atoms with Crippen LogP contribution >= 0.6 is 11.6 Å². The predicted molar refractivity (Wildman–Crippen MR) is 87.4 cm³/mol. The van der Waals surface area contributed by atoms with Gasteiger partial charge < -0.3 is 20.1 Å². The van der Waals surface area contributed by atoms with E-state index in [1.54, 1.807) is 18.2 Å². The zero-order chi connectivity index (χ0) is 19.5. The lowest BCUT2D eigenvalue weighted by molar-refractivity contribution is -0.187. The molecule has 1 aromatic rings. The second kappa shape index (κ2) is 8.03. The lowest BCUT2D eigenvalue weighted by atomic mass is 9.96. The topological polar surface area (TPSA) is 78.9 Å². The third kappa shape index (κ3) is 4.72. The number of halogens is 4. The fourth-order valence-electron chi connectivity index (χ4n) is 2.84. The molecule has 2 atom stereocenters. The number of rotatable bonds is 5. The van der Waals surface area contributed by atoms with Crippen LogP contribution in [0.25, 0.3) is 0 Å². The maximum Gasteiger partial charge on any atom is 0.394 e. The number of methoxy groups -OCH3 is 1. The molecule has 0 aromatic heterocycles. The monoisotopic (exact) mass is 394 g/mol. The van der Waals surface area contributed by atoms with E-state index in [0.29, 0.717) is 17.2 Å². The van der Waals surface area contributed by atoms with Crippen LogP contribution in [0.3, 0.4) is 0 Å². The number of hydrogen-bond acceptors (Lipinski definition) is 3. The number of urea groups is 1. The van der Waals surface area contributed by atoms with Crippen LogP contribution in [0.15, 0.2) is 18.2 Å². The number of benzene rings is 1. The average molecular weight is 395 g/mol. The third-order valence-corrected chi connectivity index (χ3v) is 4.56. The number of alkyl halides is 3. The molecule has 144 valence electrons. The highest BCUT2D eigenvalue weighted by Crippen LogP contribution is 2.37. The fourth-order valence-corrected chi connectivity index (χ4v) is 3.03. The maximum absolute atomic E-state index is 12.9. The zero-order valence-corrected chi connectivity index (χ0v) is 14.6. The van der Waals surface area contributed by atoms with E-state index in [9.17, 15) is 22.8 Å². The number of carboxylic acids is 1. The number of ether oxygens (including phenoxy) is 1. The number of nitrogens with one attached hydrogen (secondary N) is 1. The predicted octanol–water partition coefficient (Wildman–Crippen LogP) is 2.80. The first-order valence-corrected chi connectivity index (χ1v) is 8.16. The van der Waals surface area contributed by atoms with Crippen LogP contribution in [0.1, 0.15) is 5.56 Å². The number of likely N-dealkylation sites (tertiary alicyclic amines) is 1. The second-order valence-corrected chi connectivity index (χ2v) is 6.36. The molecule has 1 saturated heterocycles. The number of amides is 2. The quantitative estimate of drug-likeness (QED) is 0.805. The Morgan fingerprint density at radius 2 is 2.08 bits per heavy atom. The minimum absolute atomic E-state index is 0.175. The Kier molecular flexibility index (Phi) is 6.22. The van der Waals surface area contributed by atoms with Crippen LogP contribution in [0.5, 0.6) is 5.75 Å². The smallest absolute Gasteiger partial charge is 0.394 e. The summed E-state index contributed by atoms with van der Waals surface area (Å²) in [5.74, 6) is -4.80. The van der Waals surface area contributed by atoms with Crippen LogP contribution in [-0.2, 0) is 11.2 Å². The number of carboxylic acid groups (broad SMARTS) is 1. The van der Waals surface area contributed by atoms with Crippen LogP contribution in [0.4, 0.5) is 18.0 Å². The molecule has 1 aromatic carbocycles. The maximum atomic E-state index is 12.9. The van der Waals surface area contributed by atoms with Gasteiger partial charge in [0.1, 0.15) is 5.75 Å². The van der Waals surface area contributed by atoms with E-state index in [-0.39, 0.29) is 6.54 Å². The van der Waals surface area contributed by atoms with Crippen molar-refractivity contribution < 1.29 is 32.6 Å². The molecule has 0 radical (unpaired) electrons. The number of nitrogens with zero attached hydrogens (tertiary/aromatic N) is 1. The van der Waals surface area contributed by atoms with Gasteiger partial charge >= 0.3 is 18.2 Å². The highest BCUT2D eigenvalue weighted by molar-refractivity contribution is 6.32. The van der Waals surface area contributed by atoms with Crippen molar-refractivity contribution in [3.8, 4) is 5.75 Å². The molecule has 0 spiro atoms. The Balaban J connectivity index is 1.91. The third-order valence-electron chi connectivity index (χ3n) is 4.25. The minimum atomic E-state index is -4.67. The van der Waals surface area contributed by atoms with E-state index in [1.165, 1.54) is 7.11 Å². The van der Waals surface area contributed by atoms with Crippen molar-refractivity contribution in [2.75, 3.05) is 26.7 Å². The molecule has 0 bridgehead atoms. The Bertz CT molecular complexity index is 684. The van der Waals surface area contributed by atoms with E-state index >= 15 is 0 Å². The van der Waals surface area contributed by atoms with Crippen molar-refractivity contribution in [1.82, 2.24) is 10.2 Å². The lowest BCUT2D eigenvalue weighted by Gasteiger charge is -2.18. The van der Waals surface area contributed by atoms with Gasteiger partial charge in [-0.25, -0.2) is 4.79 Å². The lowest BCUT2D eigenvalue weighted by Crippen LogP contribution is -2.40. The summed E-state index contributed by atoms with van der Waals surface area (Å²) in [6.45, 7) is -0.963. The van der Waals surface area contributed by atoms with Gasteiger partial charge in [0.25, 0.3) is 0 Å². The van der Waals surface area contributed by atoms with Crippen LogP contribution < -0.4 is 10.1 Å². The van der Waals surface area contributed by atoms with E-state index < -0.39 is 43.1 Å². The van der Waals surface area contributed by atoms with Crippen molar-refractivity contribution in [2.24, 2.45) is 11.8 Å². The van der Waals surface area contributed by atoms with Crippen LogP contribution in [0.2, 0.25) is 5.02 Å². The molecular weight excluding hydrogens is 377 g/mol. The van der Waals surface area contributed by atoms with Crippen molar-refractivity contribution in [3.05, 3.63) is 28.8 Å². The van der Waals surface area contributed by atoms with Crippen molar-refractivity contribution in [1.29, 1.82) is 0 Å². The van der Waals surface area contributed by atoms with Gasteiger partial charge in [-0.15, -0.1) is 0 Å². The van der Waals surface area contributed by atoms with Gasteiger partial charge in [0, 0.05) is 19.6 Å². The number of aliphatic carboxylic acids is 1. The Morgan fingerprint density at radius 1 is 1.38 bits per heavy atom. The molecule has 2 amide bonds. The van der Waals surface area contributed by atoms with Gasteiger partial charge in [0.05, 0.1) is 24.0 Å². The summed E-state index contributed by atoms with van der Waals surface area (Å²) in [4.78, 5) is 24.0. The standard InChI is InChI=1S/C16H18ClF3N2O4/c1-26-13-6-9(2-3-12(13)17)4-5-21-15(25)22-7-10(14(23)24)11(8-22)16(18,19)20/h2-3,6,10-11H,4-5,7-8H2,1H3,(H,21,25)(H,23,24)/t10-,11-/m1/s1. The molecule has 2 N–H and O–H groups in total. The summed E-state index contributed by atoms with van der Waals surface area (Å²) in [5, 5.41) is 11.9. The fraction of sp³-hybridized carbons (Fsp3) is 0.500. The molecule has 1 aliphatic rings. The first-order chi connectivity index (χ1) is 12.1. The summed E-state index contributed by atoms with van der Waals surface area (Å²) < 4.78 is 43.9. The first kappa shape index (κ1) is 20.2. The number of carbonyl (C=O) groups is 2. The molecule has 2 rings (SSSR count). The summed E-state index contributed by atoms with van der Waals surface area (Å²) in [5.41, 5.74) is 0.824. The largest absolute Gasteiger partial charge is 0.495 e. The van der Waals surface area contributed by atoms with Crippen LogP contribution in [-0.4, -0.2) is 54.9 Å². The van der Waals surface area contributed by atoms with Crippen molar-refractivity contribution >= 4 is 23.6 Å². The normalized spacial score (nSPS) is 20.1. The summed E-state index contributed by atoms with van der Waals surface area (Å²) in [6, 6.07) is 4.37. The molecule has 10 heteroatoms. The summed E-state index contributed by atoms with van der Waals surface area (Å²) in [7, 11) is 1.47. The highest BCUT2D eigenvalue weighted by Gasteiger charge is 2.53. The minimum Gasteiger partial charge on any atom is -0.495 e. The first-order valence-electron chi connectivity index (χ1n) is 7.78. The number of carbonyl (C=O) groups excluding carboxylic acids is 1. The van der Waals surface area contributed by atoms with Gasteiger partial charge in [-0.3, -0.25) is 4.79 Å². The van der Waals surface area contributed by atoms with E-state index in [1.807, 2.05) is 0 Å². The molecule has 0 unspecified atom stereocenters. The van der Waals surface area contributed by atoms with Crippen molar-refractivity contribution in [3.63, 3.8) is 0 Å². The SMILES string of the molecule is COc1cc(CCNC(=O)N2C[C@@H](C(F)(F)F)[C@H](C(=O)O)C2)ccc1Cl. The van der Waals surface area contributed by atoms with Gasteiger partial charge in [-0.2, -0.15) is 13.2 Å². The van der Waals surface area contributed by atoms with Gasteiger partial charge in [0.2, 0.25) is 0 Å². The van der Waals surface area contributed by atoms with Gasteiger partial charge in [-0.05, 0) is 24.1 Å². The van der Waals surface area contributed by atoms with Crippen LogP contribution in [0, 0.1) is 11.8 Å². The Morgan fingerprint density at radius 3 is 2.62 bits per heavy atom. The van der Waals surface area contributed by atoms with Crippen molar-refractivity contribution in [2.45, 2.75) is 12.6 Å². The Hall–Kier alpha value is -2.16. The van der Waals surface area contributed by atoms with E-state index in [2.05, 4.69) is 5.32 Å². The summed E-state index contributed by atoms with van der Waals surface area (Å²) in [6.07, 6.45) is -4.25. The zero-order valence-electron chi connectivity index (χ0n) is 13.8. The van der Waals surface area contributed by atoms with Gasteiger partial charge in [0.15, 0.2) is 0 Å². The molecule has 0 saturated carbocycles. The average Bonchev–Trinajstić information content (AvgIpc) is 3.02. The Labute approximate surface area is 152 Å². The number of hydrogen-bond donors (Lipinski definition) is 2. The second-order valence-electron chi connectivity index (χ2n) is 5.95. The molecule has 1 fully saturated rings. The summed E-state index contributed by atoms with van der Waals surface area (Å²) >= 11 is 5.92. The molecule has 0 aliphatic carbocycles. The molecule has 26 heavy (non-hydrogen) atoms. The molecule has 1 heterocycles. The molecular formula is C16H18ClF3N2O4.